The van der Waals surface area contributed by atoms with Crippen LogP contribution in [0.2, 0.25) is 0 Å². The Labute approximate surface area is 123 Å². The molecule has 20 heavy (non-hydrogen) atoms. The molecular formula is C12H11BrF3NO2S. The average molecular weight is 370 g/mol. The summed E-state index contributed by atoms with van der Waals surface area (Å²) in [6.45, 7) is 0. The predicted octanol–water partition coefficient (Wildman–Crippen LogP) is 3.65. The monoisotopic (exact) mass is 369 g/mol. The molecule has 8 heteroatoms. The summed E-state index contributed by atoms with van der Waals surface area (Å²) < 4.78 is 53.0. The minimum Gasteiger partial charge on any atom is -0.285 e. The van der Waals surface area contributed by atoms with Crippen LogP contribution in [0.1, 0.15) is 5.56 Å². The molecule has 0 aliphatic rings. The fourth-order valence-corrected chi connectivity index (χ4v) is 2.12. The molecule has 0 saturated carbocycles. The molecular weight excluding hydrogens is 359 g/mol. The summed E-state index contributed by atoms with van der Waals surface area (Å²) in [5.74, 6) is -2.04. The first-order valence-electron chi connectivity index (χ1n) is 5.25. The van der Waals surface area contributed by atoms with Gasteiger partial charge < -0.3 is 0 Å². The first-order chi connectivity index (χ1) is 8.99. The molecule has 0 N–H and O–H groups in total. The topological polar surface area (TPSA) is 46.5 Å². The van der Waals surface area contributed by atoms with E-state index in [2.05, 4.69) is 20.3 Å². The van der Waals surface area contributed by atoms with Crippen molar-refractivity contribution in [2.45, 2.75) is 6.18 Å². The lowest BCUT2D eigenvalue weighted by molar-refractivity contribution is -0.165. The Bertz CT molecular complexity index is 648. The molecule has 0 spiro atoms. The SMILES string of the molecule is CS(C)(=O)=N/C(=C\C(=O)C(F)(F)F)c1ccc(Br)cc1. The van der Waals surface area contributed by atoms with Crippen LogP contribution in [0.3, 0.4) is 0 Å². The zero-order valence-electron chi connectivity index (χ0n) is 10.6. The van der Waals surface area contributed by atoms with E-state index in [1.165, 1.54) is 24.6 Å². The largest absolute Gasteiger partial charge is 0.454 e. The lowest BCUT2D eigenvalue weighted by Gasteiger charge is -2.06. The molecule has 1 rings (SSSR count). The Morgan fingerprint density at radius 3 is 2.15 bits per heavy atom. The minimum absolute atomic E-state index is 0.255. The zero-order valence-corrected chi connectivity index (χ0v) is 13.0. The Morgan fingerprint density at radius 1 is 1.25 bits per heavy atom. The summed E-state index contributed by atoms with van der Waals surface area (Å²) in [7, 11) is -2.70. The second kappa shape index (κ2) is 6.09. The predicted molar refractivity (Wildman–Crippen MR) is 75.6 cm³/mol. The molecule has 0 aliphatic carbocycles. The highest BCUT2D eigenvalue weighted by molar-refractivity contribution is 9.10. The van der Waals surface area contributed by atoms with Crippen molar-refractivity contribution < 1.29 is 22.2 Å². The molecule has 0 heterocycles. The van der Waals surface area contributed by atoms with Gasteiger partial charge in [0.2, 0.25) is 0 Å². The Hall–Kier alpha value is -1.15. The van der Waals surface area contributed by atoms with E-state index in [0.717, 1.165) is 4.47 Å². The van der Waals surface area contributed by atoms with Crippen LogP contribution in [0.25, 0.3) is 5.70 Å². The Balaban J connectivity index is 3.38. The fraction of sp³-hybridized carbons (Fsp3) is 0.250. The van der Waals surface area contributed by atoms with Crippen molar-refractivity contribution in [3.8, 4) is 0 Å². The molecule has 0 aliphatic heterocycles. The smallest absolute Gasteiger partial charge is 0.285 e. The summed E-state index contributed by atoms with van der Waals surface area (Å²) in [6, 6.07) is 6.14. The van der Waals surface area contributed by atoms with Crippen LogP contribution in [0.15, 0.2) is 39.2 Å². The number of halogens is 4. The van der Waals surface area contributed by atoms with Gasteiger partial charge in [0.05, 0.1) is 5.70 Å². The lowest BCUT2D eigenvalue weighted by atomic mass is 10.1. The van der Waals surface area contributed by atoms with Crippen molar-refractivity contribution in [1.82, 2.24) is 0 Å². The van der Waals surface area contributed by atoms with Crippen LogP contribution < -0.4 is 0 Å². The molecule has 110 valence electrons. The molecule has 0 unspecified atom stereocenters. The van der Waals surface area contributed by atoms with E-state index in [9.17, 15) is 22.2 Å². The summed E-state index contributed by atoms with van der Waals surface area (Å²) in [4.78, 5) is 11.0. The summed E-state index contributed by atoms with van der Waals surface area (Å²) in [6.07, 6.45) is -2.08. The lowest BCUT2D eigenvalue weighted by Crippen LogP contribution is -2.20. The molecule has 0 bridgehead atoms. The van der Waals surface area contributed by atoms with Gasteiger partial charge in [-0.1, -0.05) is 28.1 Å². The molecule has 0 amide bonds. The maximum absolute atomic E-state index is 12.3. The van der Waals surface area contributed by atoms with Gasteiger partial charge >= 0.3 is 6.18 Å². The van der Waals surface area contributed by atoms with Gasteiger partial charge in [0.15, 0.2) is 0 Å². The Morgan fingerprint density at radius 2 is 1.75 bits per heavy atom. The van der Waals surface area contributed by atoms with Crippen LogP contribution in [-0.4, -0.2) is 28.7 Å². The van der Waals surface area contributed by atoms with E-state index in [0.29, 0.717) is 6.08 Å². The van der Waals surface area contributed by atoms with E-state index in [1.54, 1.807) is 12.1 Å². The third kappa shape index (κ3) is 5.46. The van der Waals surface area contributed by atoms with E-state index < -0.39 is 21.7 Å². The van der Waals surface area contributed by atoms with E-state index in [1.807, 2.05) is 0 Å². The highest BCUT2D eigenvalue weighted by Crippen LogP contribution is 2.24. The van der Waals surface area contributed by atoms with Crippen LogP contribution in [-0.2, 0) is 14.5 Å². The first kappa shape index (κ1) is 16.9. The van der Waals surface area contributed by atoms with Gasteiger partial charge in [-0.05, 0) is 12.1 Å². The number of alkyl halides is 3. The van der Waals surface area contributed by atoms with Gasteiger partial charge in [-0.3, -0.25) is 4.79 Å². The van der Waals surface area contributed by atoms with Crippen molar-refractivity contribution in [2.75, 3.05) is 12.5 Å². The van der Waals surface area contributed by atoms with Crippen LogP contribution >= 0.6 is 15.9 Å². The minimum atomic E-state index is -4.99. The standard InChI is InChI=1S/C12H11BrF3NO2S/c1-20(2,19)17-10(7-11(18)12(14,15)16)8-3-5-9(13)6-4-8/h3-7H,1-2H3/b10-7-. The maximum atomic E-state index is 12.3. The summed E-state index contributed by atoms with van der Waals surface area (Å²) in [5.41, 5.74) is 0.0250. The second-order valence-electron chi connectivity index (χ2n) is 4.17. The number of carbonyl (C=O) groups excluding carboxylic acids is 1. The number of rotatable bonds is 3. The van der Waals surface area contributed by atoms with Crippen LogP contribution in [0, 0.1) is 0 Å². The van der Waals surface area contributed by atoms with Gasteiger partial charge in [-0.25, -0.2) is 4.21 Å². The quantitative estimate of drug-likeness (QED) is 0.763. The van der Waals surface area contributed by atoms with Crippen molar-refractivity contribution in [1.29, 1.82) is 0 Å². The number of allylic oxidation sites excluding steroid dienone is 1. The molecule has 3 nitrogen and oxygen atoms in total. The number of benzene rings is 1. The highest BCUT2D eigenvalue weighted by Gasteiger charge is 2.37. The van der Waals surface area contributed by atoms with E-state index in [4.69, 9.17) is 0 Å². The first-order valence-corrected chi connectivity index (χ1v) is 8.37. The van der Waals surface area contributed by atoms with Gasteiger partial charge in [0.1, 0.15) is 0 Å². The molecule has 0 fully saturated rings. The van der Waals surface area contributed by atoms with Crippen molar-refractivity contribution in [2.24, 2.45) is 4.36 Å². The fourth-order valence-electron chi connectivity index (χ4n) is 1.23. The third-order valence-corrected chi connectivity index (χ3v) is 3.17. The van der Waals surface area contributed by atoms with Gasteiger partial charge in [-0.15, -0.1) is 0 Å². The Kier molecular flexibility index (Phi) is 5.15. The summed E-state index contributed by atoms with van der Waals surface area (Å²) >= 11 is 3.19. The van der Waals surface area contributed by atoms with Gasteiger partial charge in [0, 0.05) is 38.4 Å². The van der Waals surface area contributed by atoms with Crippen LogP contribution in [0.4, 0.5) is 13.2 Å². The normalized spacial score (nSPS) is 13.2. The molecule has 1 aromatic rings. The maximum Gasteiger partial charge on any atom is 0.454 e. The molecule has 0 aromatic heterocycles. The average Bonchev–Trinajstić information content (AvgIpc) is 2.25. The molecule has 0 radical (unpaired) electrons. The number of hydrogen-bond acceptors (Lipinski definition) is 3. The molecule has 1 aromatic carbocycles. The van der Waals surface area contributed by atoms with Crippen molar-refractivity contribution >= 4 is 37.1 Å². The van der Waals surface area contributed by atoms with Gasteiger partial charge in [-0.2, -0.15) is 17.5 Å². The highest BCUT2D eigenvalue weighted by atomic mass is 79.9. The van der Waals surface area contributed by atoms with E-state index >= 15 is 0 Å². The zero-order chi connectivity index (χ0) is 15.6. The molecule has 0 atom stereocenters. The van der Waals surface area contributed by atoms with Crippen molar-refractivity contribution in [3.63, 3.8) is 0 Å². The number of hydrogen-bond donors (Lipinski definition) is 0. The summed E-state index contributed by atoms with van der Waals surface area (Å²) in [5, 5.41) is 0. The van der Waals surface area contributed by atoms with Crippen LogP contribution in [0.5, 0.6) is 0 Å². The number of ketones is 1. The van der Waals surface area contributed by atoms with E-state index in [-0.39, 0.29) is 11.3 Å². The van der Waals surface area contributed by atoms with Crippen molar-refractivity contribution in [3.05, 3.63) is 40.4 Å². The third-order valence-electron chi connectivity index (χ3n) is 2.01. The van der Waals surface area contributed by atoms with Gasteiger partial charge in [0.25, 0.3) is 5.78 Å². The second-order valence-corrected chi connectivity index (χ2v) is 7.63. The molecule has 0 saturated heterocycles. The number of carbonyl (C=O) groups is 1. The number of nitrogens with zero attached hydrogens (tertiary/aromatic N) is 1.